The van der Waals surface area contributed by atoms with Crippen molar-refractivity contribution in [2.45, 2.75) is 33.2 Å². The number of aryl methyl sites for hydroxylation is 2. The van der Waals surface area contributed by atoms with Crippen LogP contribution in [-0.4, -0.2) is 21.6 Å². The van der Waals surface area contributed by atoms with E-state index in [1.807, 2.05) is 38.1 Å². The van der Waals surface area contributed by atoms with Crippen molar-refractivity contribution in [1.82, 2.24) is 20.6 Å². The second kappa shape index (κ2) is 8.47. The molecule has 0 unspecified atom stereocenters. The van der Waals surface area contributed by atoms with Crippen molar-refractivity contribution in [3.63, 3.8) is 0 Å². The van der Waals surface area contributed by atoms with Crippen LogP contribution in [0.1, 0.15) is 35.0 Å². The van der Waals surface area contributed by atoms with E-state index in [0.717, 1.165) is 11.1 Å². The lowest BCUT2D eigenvalue weighted by atomic mass is 10.1. The van der Waals surface area contributed by atoms with Crippen LogP contribution >= 0.6 is 0 Å². The van der Waals surface area contributed by atoms with E-state index < -0.39 is 5.91 Å². The highest BCUT2D eigenvalue weighted by Crippen LogP contribution is 2.13. The molecule has 0 bridgehead atoms. The third kappa shape index (κ3) is 4.09. The monoisotopic (exact) mass is 378 g/mol. The highest BCUT2D eigenvalue weighted by Gasteiger charge is 2.17. The van der Waals surface area contributed by atoms with E-state index in [9.17, 15) is 14.4 Å². The van der Waals surface area contributed by atoms with Gasteiger partial charge in [0, 0.05) is 11.9 Å². The number of nitrogens with one attached hydrogen (secondary N) is 2. The number of rotatable bonds is 5. The highest BCUT2D eigenvalue weighted by atomic mass is 16.2. The Morgan fingerprint density at radius 1 is 1.00 bits per heavy atom. The fraction of sp³-hybridized carbons (Fsp3) is 0.238. The zero-order chi connectivity index (χ0) is 20.1. The van der Waals surface area contributed by atoms with Gasteiger partial charge in [-0.05, 0) is 30.5 Å². The summed E-state index contributed by atoms with van der Waals surface area (Å²) in [6.45, 7) is 4.26. The van der Waals surface area contributed by atoms with Gasteiger partial charge in [0.2, 0.25) is 5.91 Å². The average Bonchev–Trinajstić information content (AvgIpc) is 2.70. The van der Waals surface area contributed by atoms with Crippen LogP contribution in [0.4, 0.5) is 0 Å². The molecule has 3 aromatic rings. The van der Waals surface area contributed by atoms with Gasteiger partial charge in [-0.25, -0.2) is 4.68 Å². The first-order valence-corrected chi connectivity index (χ1v) is 9.14. The first-order valence-electron chi connectivity index (χ1n) is 9.14. The van der Waals surface area contributed by atoms with Crippen molar-refractivity contribution in [2.75, 3.05) is 0 Å². The van der Waals surface area contributed by atoms with Crippen LogP contribution in [0.25, 0.3) is 10.8 Å². The molecule has 28 heavy (non-hydrogen) atoms. The van der Waals surface area contributed by atoms with E-state index in [-0.39, 0.29) is 23.6 Å². The van der Waals surface area contributed by atoms with E-state index in [0.29, 0.717) is 23.7 Å². The number of hydrogen-bond donors (Lipinski definition) is 2. The number of aromatic nitrogens is 2. The third-order valence-corrected chi connectivity index (χ3v) is 4.45. The summed E-state index contributed by atoms with van der Waals surface area (Å²) in [5, 5.41) is 5.08. The van der Waals surface area contributed by atoms with Crippen LogP contribution in [0.3, 0.4) is 0 Å². The molecule has 0 saturated carbocycles. The molecule has 7 nitrogen and oxygen atoms in total. The number of hydrogen-bond acceptors (Lipinski definition) is 4. The summed E-state index contributed by atoms with van der Waals surface area (Å²) in [6.07, 6.45) is 0.857. The Labute approximate surface area is 162 Å². The van der Waals surface area contributed by atoms with Gasteiger partial charge in [-0.2, -0.15) is 5.10 Å². The van der Waals surface area contributed by atoms with Gasteiger partial charge in [0.05, 0.1) is 11.8 Å². The minimum absolute atomic E-state index is 0.0971. The average molecular weight is 378 g/mol. The van der Waals surface area contributed by atoms with Crippen LogP contribution in [0.15, 0.2) is 53.3 Å². The maximum Gasteiger partial charge on any atom is 0.290 e. The Bertz CT molecular complexity index is 1090. The van der Waals surface area contributed by atoms with Gasteiger partial charge in [0.25, 0.3) is 11.5 Å². The van der Waals surface area contributed by atoms with Gasteiger partial charge in [-0.3, -0.25) is 25.2 Å². The number of nitrogens with zero attached hydrogens (tertiary/aromatic N) is 2. The van der Waals surface area contributed by atoms with Gasteiger partial charge in [0.1, 0.15) is 0 Å². The summed E-state index contributed by atoms with van der Waals surface area (Å²) in [4.78, 5) is 37.3. The lowest BCUT2D eigenvalue weighted by Gasteiger charge is -2.12. The maximum atomic E-state index is 12.6. The Morgan fingerprint density at radius 3 is 2.39 bits per heavy atom. The second-order valence-corrected chi connectivity index (χ2v) is 6.53. The molecule has 0 aliphatic carbocycles. The SMILES string of the molecule is CCCn1nc(C(=O)NNC(=O)Cc2ccccc2C)c2ccccc2c1=O. The van der Waals surface area contributed by atoms with Crippen molar-refractivity contribution >= 4 is 22.6 Å². The van der Waals surface area contributed by atoms with Crippen molar-refractivity contribution in [2.24, 2.45) is 0 Å². The van der Waals surface area contributed by atoms with E-state index in [1.54, 1.807) is 24.3 Å². The highest BCUT2D eigenvalue weighted by molar-refractivity contribution is 6.05. The van der Waals surface area contributed by atoms with Crippen LogP contribution in [0.5, 0.6) is 0 Å². The molecule has 7 heteroatoms. The minimum atomic E-state index is -0.570. The molecule has 0 saturated heterocycles. The topological polar surface area (TPSA) is 93.1 Å². The number of carbonyl (C=O) groups is 2. The zero-order valence-corrected chi connectivity index (χ0v) is 15.9. The smallest absolute Gasteiger partial charge is 0.273 e. The normalized spacial score (nSPS) is 10.6. The van der Waals surface area contributed by atoms with E-state index in [1.165, 1.54) is 4.68 Å². The largest absolute Gasteiger partial charge is 0.290 e. The molecule has 1 aromatic heterocycles. The van der Waals surface area contributed by atoms with Crippen LogP contribution in [0.2, 0.25) is 0 Å². The molecular formula is C21H22N4O3. The van der Waals surface area contributed by atoms with Gasteiger partial charge in [-0.15, -0.1) is 0 Å². The summed E-state index contributed by atoms with van der Waals surface area (Å²) >= 11 is 0. The standard InChI is InChI=1S/C21H22N4O3/c1-3-12-25-21(28)17-11-7-6-10-16(17)19(24-25)20(27)23-22-18(26)13-15-9-5-4-8-14(15)2/h4-11H,3,12-13H2,1-2H3,(H,22,26)(H,23,27). The van der Waals surface area contributed by atoms with Gasteiger partial charge in [0.15, 0.2) is 5.69 Å². The number of fused-ring (bicyclic) bond motifs is 1. The maximum absolute atomic E-state index is 12.6. The van der Waals surface area contributed by atoms with Gasteiger partial charge >= 0.3 is 0 Å². The van der Waals surface area contributed by atoms with Gasteiger partial charge in [-0.1, -0.05) is 49.4 Å². The first-order chi connectivity index (χ1) is 13.5. The molecule has 2 aromatic carbocycles. The van der Waals surface area contributed by atoms with Crippen molar-refractivity contribution in [3.05, 3.63) is 75.7 Å². The van der Waals surface area contributed by atoms with E-state index in [2.05, 4.69) is 16.0 Å². The number of benzene rings is 2. The Hall–Kier alpha value is -3.48. The summed E-state index contributed by atoms with van der Waals surface area (Å²) in [5.74, 6) is -0.909. The second-order valence-electron chi connectivity index (χ2n) is 6.53. The fourth-order valence-corrected chi connectivity index (χ4v) is 2.98. The molecule has 0 aliphatic heterocycles. The first kappa shape index (κ1) is 19.3. The molecule has 0 radical (unpaired) electrons. The summed E-state index contributed by atoms with van der Waals surface area (Å²) in [7, 11) is 0. The zero-order valence-electron chi connectivity index (χ0n) is 15.9. The molecular weight excluding hydrogens is 356 g/mol. The number of hydrazine groups is 1. The molecule has 0 aliphatic rings. The molecule has 144 valence electrons. The molecule has 3 rings (SSSR count). The third-order valence-electron chi connectivity index (χ3n) is 4.45. The molecule has 1 heterocycles. The Kier molecular flexibility index (Phi) is 5.84. The minimum Gasteiger partial charge on any atom is -0.273 e. The number of carbonyl (C=O) groups excluding carboxylic acids is 2. The quantitative estimate of drug-likeness (QED) is 0.665. The van der Waals surface area contributed by atoms with Crippen molar-refractivity contribution in [1.29, 1.82) is 0 Å². The Balaban J connectivity index is 1.80. The summed E-state index contributed by atoms with van der Waals surface area (Å²) in [6, 6.07) is 14.4. The molecule has 0 atom stereocenters. The van der Waals surface area contributed by atoms with Crippen LogP contribution in [0, 0.1) is 6.92 Å². The van der Waals surface area contributed by atoms with Crippen LogP contribution in [-0.2, 0) is 17.8 Å². The lowest BCUT2D eigenvalue weighted by Crippen LogP contribution is -2.43. The van der Waals surface area contributed by atoms with E-state index >= 15 is 0 Å². The molecule has 2 N–H and O–H groups in total. The van der Waals surface area contributed by atoms with Crippen molar-refractivity contribution < 1.29 is 9.59 Å². The number of amides is 2. The van der Waals surface area contributed by atoms with E-state index in [4.69, 9.17) is 0 Å². The predicted octanol–water partition coefficient (Wildman–Crippen LogP) is 2.12. The summed E-state index contributed by atoms with van der Waals surface area (Å²) in [5.41, 5.74) is 6.57. The van der Waals surface area contributed by atoms with Crippen molar-refractivity contribution in [3.8, 4) is 0 Å². The summed E-state index contributed by atoms with van der Waals surface area (Å²) < 4.78 is 1.28. The van der Waals surface area contributed by atoms with Gasteiger partial charge < -0.3 is 0 Å². The lowest BCUT2D eigenvalue weighted by molar-refractivity contribution is -0.121. The Morgan fingerprint density at radius 2 is 1.68 bits per heavy atom. The van der Waals surface area contributed by atoms with Crippen LogP contribution < -0.4 is 16.4 Å². The molecule has 0 fully saturated rings. The molecule has 0 spiro atoms. The molecule has 2 amide bonds. The predicted molar refractivity (Wildman–Crippen MR) is 107 cm³/mol. The fourth-order valence-electron chi connectivity index (χ4n) is 2.98.